The Bertz CT molecular complexity index is 1570. The summed E-state index contributed by atoms with van der Waals surface area (Å²) in [7, 11) is 5.90. The minimum Gasteiger partial charge on any atom is -0.477 e. The summed E-state index contributed by atoms with van der Waals surface area (Å²) in [5.41, 5.74) is 3.58. The normalized spacial score (nSPS) is 12.4. The summed E-state index contributed by atoms with van der Waals surface area (Å²) in [5, 5.41) is 13.5. The van der Waals surface area contributed by atoms with E-state index in [1.54, 1.807) is 23.1 Å². The number of nitrogens with one attached hydrogen (secondary N) is 1. The van der Waals surface area contributed by atoms with Crippen molar-refractivity contribution in [3.05, 3.63) is 48.1 Å². The number of rotatable bonds is 3. The summed E-state index contributed by atoms with van der Waals surface area (Å²) in [6.07, 6.45) is 6.01. The van der Waals surface area contributed by atoms with Crippen LogP contribution in [-0.2, 0) is 20.1 Å². The summed E-state index contributed by atoms with van der Waals surface area (Å²) < 4.78 is 16.1. The second-order valence-corrected chi connectivity index (χ2v) is 9.19. The molecular weight excluding hydrogens is 506 g/mol. The predicted molar refractivity (Wildman–Crippen MR) is 158 cm³/mol. The molecule has 0 fully saturated rings. The molecule has 4 bridgehead atoms. The monoisotopic (exact) mass is 545 g/mol. The molecule has 0 spiro atoms. The molecule has 0 saturated carbocycles. The number of furan rings is 1. The van der Waals surface area contributed by atoms with Crippen molar-refractivity contribution in [3.63, 3.8) is 0 Å². The van der Waals surface area contributed by atoms with Crippen molar-refractivity contribution in [2.24, 2.45) is 7.05 Å². The van der Waals surface area contributed by atoms with Crippen molar-refractivity contribution >= 4 is 22.5 Å². The molecule has 1 aliphatic heterocycles. The zero-order valence-corrected chi connectivity index (χ0v) is 24.7. The van der Waals surface area contributed by atoms with Gasteiger partial charge in [-0.15, -0.1) is 0 Å². The maximum atomic E-state index is 6.24. The maximum absolute atomic E-state index is 6.24. The average molecular weight is 546 g/mol. The number of ether oxygens (including phenoxy) is 1. The number of fused-ring (bicyclic) bond motifs is 5. The summed E-state index contributed by atoms with van der Waals surface area (Å²) in [6.45, 7) is 11.9. The number of nitrogens with zero attached hydrogens (tertiary/aromatic N) is 8. The number of pyridine rings is 1. The van der Waals surface area contributed by atoms with Gasteiger partial charge in [0.15, 0.2) is 11.6 Å². The molecule has 0 radical (unpaired) electrons. The van der Waals surface area contributed by atoms with Crippen LogP contribution in [-0.4, -0.2) is 60.1 Å². The summed E-state index contributed by atoms with van der Waals surface area (Å²) in [6, 6.07) is 5.85. The molecule has 0 unspecified atom stereocenters. The van der Waals surface area contributed by atoms with Crippen LogP contribution >= 0.6 is 0 Å². The van der Waals surface area contributed by atoms with Gasteiger partial charge >= 0.3 is 0 Å². The highest BCUT2D eigenvalue weighted by Crippen LogP contribution is 2.33. The molecule has 0 atom stereocenters. The lowest BCUT2D eigenvalue weighted by Gasteiger charge is -2.11. The Hall–Kier alpha value is -4.25. The Balaban J connectivity index is 0.000000886. The number of hydrogen-bond donors (Lipinski definition) is 1. The van der Waals surface area contributed by atoms with E-state index >= 15 is 0 Å². The second kappa shape index (κ2) is 12.7. The predicted octanol–water partition coefficient (Wildman–Crippen LogP) is 5.83. The van der Waals surface area contributed by atoms with Crippen molar-refractivity contribution in [2.45, 2.75) is 54.1 Å². The lowest BCUT2D eigenvalue weighted by atomic mass is 10.2. The standard InChI is InChI=1S/C25H27N9O2.2C2H6/c1-15-10-19(36-20(15)14-32(2)3)23-16-12-27-22-11-18(16)34(31-23)8-5-9-35-25-17(13-28-33(25)4)24-26-7-6-21(29-22)30-24;2*1-2/h6-7,10-13H,5,8-9,14H2,1-4H3,(H,26,27,29,30);2*1-2H3. The van der Waals surface area contributed by atoms with Crippen LogP contribution in [0.1, 0.15) is 45.4 Å². The van der Waals surface area contributed by atoms with E-state index < -0.39 is 0 Å². The Labute approximate surface area is 235 Å². The molecule has 0 saturated heterocycles. The summed E-state index contributed by atoms with van der Waals surface area (Å²) in [5.74, 6) is 4.14. The fourth-order valence-corrected chi connectivity index (χ4v) is 4.39. The Morgan fingerprint density at radius 1 is 1.05 bits per heavy atom. The van der Waals surface area contributed by atoms with Gasteiger partial charge in [0.05, 0.1) is 24.9 Å². The number of anilines is 2. The molecule has 0 aromatic carbocycles. The number of hydrogen-bond acceptors (Lipinski definition) is 9. The minimum atomic E-state index is 0.492. The van der Waals surface area contributed by atoms with Crippen LogP contribution in [0.4, 0.5) is 11.6 Å². The highest BCUT2D eigenvalue weighted by atomic mass is 16.5. The van der Waals surface area contributed by atoms with Crippen LogP contribution in [0.15, 0.2) is 41.2 Å². The first-order valence-corrected chi connectivity index (χ1v) is 13.8. The highest BCUT2D eigenvalue weighted by Gasteiger charge is 2.20. The van der Waals surface area contributed by atoms with E-state index in [0.29, 0.717) is 36.5 Å². The second-order valence-electron chi connectivity index (χ2n) is 9.19. The lowest BCUT2D eigenvalue weighted by molar-refractivity contribution is 0.276. The van der Waals surface area contributed by atoms with Gasteiger partial charge in [-0.05, 0) is 38.7 Å². The third-order valence-corrected chi connectivity index (χ3v) is 6.14. The van der Waals surface area contributed by atoms with E-state index in [9.17, 15) is 0 Å². The van der Waals surface area contributed by atoms with E-state index in [1.165, 1.54) is 0 Å². The zero-order valence-electron chi connectivity index (χ0n) is 24.7. The molecule has 0 amide bonds. The van der Waals surface area contributed by atoms with Crippen LogP contribution < -0.4 is 10.1 Å². The number of aryl methyl sites for hydroxylation is 3. The van der Waals surface area contributed by atoms with E-state index in [0.717, 1.165) is 52.2 Å². The van der Waals surface area contributed by atoms with Crippen LogP contribution in [0.25, 0.3) is 33.7 Å². The Morgan fingerprint density at radius 2 is 1.85 bits per heavy atom. The Kier molecular flexibility index (Phi) is 9.15. The highest BCUT2D eigenvalue weighted by molar-refractivity contribution is 5.93. The Morgan fingerprint density at radius 3 is 2.62 bits per heavy atom. The van der Waals surface area contributed by atoms with Crippen LogP contribution in [0.3, 0.4) is 0 Å². The van der Waals surface area contributed by atoms with Gasteiger partial charge in [-0.1, -0.05) is 27.7 Å². The van der Waals surface area contributed by atoms with Gasteiger partial charge in [0.2, 0.25) is 5.88 Å². The van der Waals surface area contributed by atoms with Gasteiger partial charge in [0.1, 0.15) is 28.7 Å². The van der Waals surface area contributed by atoms with Gasteiger partial charge in [-0.25, -0.2) is 19.6 Å². The molecule has 5 aromatic rings. The molecule has 6 heterocycles. The molecule has 11 heteroatoms. The fourth-order valence-electron chi connectivity index (χ4n) is 4.39. The first kappa shape index (κ1) is 28.8. The molecule has 1 aliphatic rings. The largest absolute Gasteiger partial charge is 0.477 e. The molecular formula is C29H39N9O2. The summed E-state index contributed by atoms with van der Waals surface area (Å²) >= 11 is 0. The molecule has 0 aliphatic carbocycles. The van der Waals surface area contributed by atoms with Gasteiger partial charge in [0.25, 0.3) is 0 Å². The van der Waals surface area contributed by atoms with Gasteiger partial charge in [-0.2, -0.15) is 10.2 Å². The SMILES string of the molecule is CC.CC.Cc1cc(-c2nn3c4cc(ncc24)Nc2ccnc(n2)-c2cnn(C)c2OCCC3)oc1CN(C)C. The van der Waals surface area contributed by atoms with Crippen molar-refractivity contribution in [1.29, 1.82) is 0 Å². The van der Waals surface area contributed by atoms with Gasteiger partial charge in [-0.3, -0.25) is 4.68 Å². The lowest BCUT2D eigenvalue weighted by Crippen LogP contribution is -2.10. The van der Waals surface area contributed by atoms with Crippen molar-refractivity contribution in [2.75, 3.05) is 26.0 Å². The molecule has 5 aromatic heterocycles. The minimum absolute atomic E-state index is 0.492. The fraction of sp³-hybridized carbons (Fsp3) is 0.414. The van der Waals surface area contributed by atoms with E-state index in [-0.39, 0.29) is 0 Å². The van der Waals surface area contributed by atoms with Crippen LogP contribution in [0.5, 0.6) is 5.88 Å². The van der Waals surface area contributed by atoms with Crippen molar-refractivity contribution in [3.8, 4) is 28.7 Å². The first-order valence-electron chi connectivity index (χ1n) is 13.8. The molecule has 40 heavy (non-hydrogen) atoms. The van der Waals surface area contributed by atoms with E-state index in [1.807, 2.05) is 65.8 Å². The van der Waals surface area contributed by atoms with Crippen molar-refractivity contribution < 1.29 is 9.15 Å². The molecule has 11 nitrogen and oxygen atoms in total. The first-order chi connectivity index (χ1) is 19.5. The smallest absolute Gasteiger partial charge is 0.222 e. The van der Waals surface area contributed by atoms with Crippen LogP contribution in [0, 0.1) is 6.92 Å². The summed E-state index contributed by atoms with van der Waals surface area (Å²) in [4.78, 5) is 15.8. The maximum Gasteiger partial charge on any atom is 0.222 e. The number of aromatic nitrogens is 7. The van der Waals surface area contributed by atoms with Crippen LogP contribution in [0.2, 0.25) is 0 Å². The van der Waals surface area contributed by atoms with Crippen molar-refractivity contribution in [1.82, 2.24) is 39.4 Å². The zero-order chi connectivity index (χ0) is 28.8. The quantitative estimate of drug-likeness (QED) is 0.299. The topological polar surface area (TPSA) is 112 Å². The third kappa shape index (κ3) is 5.84. The molecule has 212 valence electrons. The average Bonchev–Trinajstić information content (AvgIpc) is 3.63. The third-order valence-electron chi connectivity index (χ3n) is 6.14. The van der Waals surface area contributed by atoms with Gasteiger partial charge in [0, 0.05) is 43.9 Å². The van der Waals surface area contributed by atoms with E-state index in [4.69, 9.17) is 14.3 Å². The molecule has 1 N–H and O–H groups in total. The van der Waals surface area contributed by atoms with Gasteiger partial charge < -0.3 is 19.4 Å². The van der Waals surface area contributed by atoms with E-state index in [2.05, 4.69) is 43.3 Å². The molecule has 6 rings (SSSR count).